The number of amides is 1. The maximum atomic E-state index is 11.2. The zero-order valence-electron chi connectivity index (χ0n) is 10.5. The molecular formula is C14H16N4O. The molecule has 1 heterocycles. The highest BCUT2D eigenvalue weighted by atomic mass is 16.1. The quantitative estimate of drug-likeness (QED) is 0.754. The molecule has 0 spiro atoms. The first-order valence-electron chi connectivity index (χ1n) is 6.00. The number of aromatic nitrogens is 1. The van der Waals surface area contributed by atoms with Crippen LogP contribution in [-0.4, -0.2) is 17.4 Å². The van der Waals surface area contributed by atoms with E-state index in [-0.39, 0.29) is 5.56 Å². The number of hydrogen-bond acceptors (Lipinski definition) is 4. The van der Waals surface area contributed by atoms with Crippen molar-refractivity contribution in [3.05, 3.63) is 53.7 Å². The number of nitrogen functional groups attached to an aromatic ring is 1. The Hall–Kier alpha value is -2.56. The van der Waals surface area contributed by atoms with Crippen LogP contribution in [0.2, 0.25) is 0 Å². The number of benzene rings is 1. The number of carbonyl (C=O) groups excluding carboxylic acids is 1. The summed E-state index contributed by atoms with van der Waals surface area (Å²) in [4.78, 5) is 15.3. The van der Waals surface area contributed by atoms with Gasteiger partial charge in [0, 0.05) is 6.54 Å². The average Bonchev–Trinajstić information content (AvgIpc) is 2.41. The van der Waals surface area contributed by atoms with Crippen LogP contribution in [0.5, 0.6) is 0 Å². The van der Waals surface area contributed by atoms with Gasteiger partial charge in [0.05, 0.1) is 17.4 Å². The van der Waals surface area contributed by atoms with Crippen LogP contribution in [0.1, 0.15) is 15.9 Å². The summed E-state index contributed by atoms with van der Waals surface area (Å²) in [7, 11) is 0. The number of nitrogens with one attached hydrogen (secondary N) is 1. The standard InChI is InChI=1S/C14H16N4O/c15-12-9-18-13(8-11(12)14(16)19)17-7-6-10-4-2-1-3-5-10/h1-5,8-9H,6-7,15H2,(H2,16,19)(H,17,18). The summed E-state index contributed by atoms with van der Waals surface area (Å²) in [6.07, 6.45) is 2.31. The molecule has 0 saturated heterocycles. The van der Waals surface area contributed by atoms with Crippen molar-refractivity contribution in [2.75, 3.05) is 17.6 Å². The highest BCUT2D eigenvalue weighted by Crippen LogP contribution is 2.14. The third-order valence-electron chi connectivity index (χ3n) is 2.76. The molecule has 5 heteroatoms. The lowest BCUT2D eigenvalue weighted by molar-refractivity contribution is 0.100. The first kappa shape index (κ1) is 12.9. The predicted molar refractivity (Wildman–Crippen MR) is 75.8 cm³/mol. The van der Waals surface area contributed by atoms with Crippen molar-refractivity contribution in [1.29, 1.82) is 0 Å². The molecule has 1 aromatic heterocycles. The fraction of sp³-hybridized carbons (Fsp3) is 0.143. The summed E-state index contributed by atoms with van der Waals surface area (Å²) in [5, 5.41) is 3.14. The van der Waals surface area contributed by atoms with Crippen molar-refractivity contribution in [2.45, 2.75) is 6.42 Å². The lowest BCUT2D eigenvalue weighted by Gasteiger charge is -2.08. The van der Waals surface area contributed by atoms with Crippen LogP contribution in [-0.2, 0) is 6.42 Å². The van der Waals surface area contributed by atoms with Crippen molar-refractivity contribution in [2.24, 2.45) is 5.73 Å². The van der Waals surface area contributed by atoms with E-state index in [0.717, 1.165) is 13.0 Å². The Bertz CT molecular complexity index is 569. The molecule has 0 aliphatic rings. The fourth-order valence-electron chi connectivity index (χ4n) is 1.76. The largest absolute Gasteiger partial charge is 0.397 e. The lowest BCUT2D eigenvalue weighted by atomic mass is 10.1. The van der Waals surface area contributed by atoms with Gasteiger partial charge in [-0.15, -0.1) is 0 Å². The van der Waals surface area contributed by atoms with E-state index < -0.39 is 5.91 Å². The molecule has 2 aromatic rings. The Labute approximate surface area is 111 Å². The molecule has 0 saturated carbocycles. The van der Waals surface area contributed by atoms with Crippen molar-refractivity contribution in [3.8, 4) is 0 Å². The molecule has 0 fully saturated rings. The summed E-state index contributed by atoms with van der Waals surface area (Å²) in [5.41, 5.74) is 12.7. The summed E-state index contributed by atoms with van der Waals surface area (Å²) >= 11 is 0. The van der Waals surface area contributed by atoms with Crippen LogP contribution in [0, 0.1) is 0 Å². The number of carbonyl (C=O) groups is 1. The third kappa shape index (κ3) is 3.45. The number of anilines is 2. The summed E-state index contributed by atoms with van der Waals surface area (Å²) in [5.74, 6) is 0.0462. The van der Waals surface area contributed by atoms with Gasteiger partial charge < -0.3 is 16.8 Å². The second-order valence-corrected chi connectivity index (χ2v) is 4.18. The molecule has 0 unspecified atom stereocenters. The van der Waals surface area contributed by atoms with E-state index >= 15 is 0 Å². The molecule has 0 atom stereocenters. The van der Waals surface area contributed by atoms with E-state index in [9.17, 15) is 4.79 Å². The third-order valence-corrected chi connectivity index (χ3v) is 2.76. The van der Waals surface area contributed by atoms with E-state index in [0.29, 0.717) is 11.5 Å². The van der Waals surface area contributed by atoms with E-state index in [2.05, 4.69) is 22.4 Å². The van der Waals surface area contributed by atoms with Gasteiger partial charge in [0.15, 0.2) is 0 Å². The van der Waals surface area contributed by atoms with Gasteiger partial charge in [-0.25, -0.2) is 4.98 Å². The Morgan fingerprint density at radius 2 is 2.00 bits per heavy atom. The molecule has 0 aliphatic carbocycles. The summed E-state index contributed by atoms with van der Waals surface area (Å²) in [6.45, 7) is 0.721. The van der Waals surface area contributed by atoms with Gasteiger partial charge in [0.2, 0.25) is 0 Å². The average molecular weight is 256 g/mol. The SMILES string of the molecule is NC(=O)c1cc(NCCc2ccccc2)ncc1N. The minimum atomic E-state index is -0.550. The smallest absolute Gasteiger partial charge is 0.250 e. The first-order valence-corrected chi connectivity index (χ1v) is 6.00. The van der Waals surface area contributed by atoms with Gasteiger partial charge in [0.25, 0.3) is 5.91 Å². The maximum Gasteiger partial charge on any atom is 0.250 e. The zero-order chi connectivity index (χ0) is 13.7. The summed E-state index contributed by atoms with van der Waals surface area (Å²) in [6, 6.07) is 11.7. The fourth-order valence-corrected chi connectivity index (χ4v) is 1.76. The van der Waals surface area contributed by atoms with Gasteiger partial charge in [-0.3, -0.25) is 4.79 Å². The van der Waals surface area contributed by atoms with Gasteiger partial charge in [-0.1, -0.05) is 30.3 Å². The van der Waals surface area contributed by atoms with Gasteiger partial charge in [-0.2, -0.15) is 0 Å². The van der Waals surface area contributed by atoms with Crippen LogP contribution in [0.25, 0.3) is 0 Å². The van der Waals surface area contributed by atoms with Gasteiger partial charge in [-0.05, 0) is 18.1 Å². The molecule has 98 valence electrons. The number of hydrogen-bond donors (Lipinski definition) is 3. The number of rotatable bonds is 5. The van der Waals surface area contributed by atoms with Crippen molar-refractivity contribution >= 4 is 17.4 Å². The molecule has 5 N–H and O–H groups in total. The molecular weight excluding hydrogens is 240 g/mol. The molecule has 2 rings (SSSR count). The minimum absolute atomic E-state index is 0.289. The second-order valence-electron chi connectivity index (χ2n) is 4.18. The monoisotopic (exact) mass is 256 g/mol. The van der Waals surface area contributed by atoms with Crippen LogP contribution < -0.4 is 16.8 Å². The molecule has 0 radical (unpaired) electrons. The Morgan fingerprint density at radius 1 is 1.26 bits per heavy atom. The molecule has 5 nitrogen and oxygen atoms in total. The number of pyridine rings is 1. The number of primary amides is 1. The topological polar surface area (TPSA) is 94.0 Å². The van der Waals surface area contributed by atoms with Gasteiger partial charge >= 0.3 is 0 Å². The number of nitrogens with zero attached hydrogens (tertiary/aromatic N) is 1. The highest BCUT2D eigenvalue weighted by molar-refractivity contribution is 5.98. The van der Waals surface area contributed by atoms with Crippen LogP contribution >= 0.6 is 0 Å². The lowest BCUT2D eigenvalue weighted by Crippen LogP contribution is -2.15. The molecule has 1 amide bonds. The first-order chi connectivity index (χ1) is 9.16. The Balaban J connectivity index is 1.97. The van der Waals surface area contributed by atoms with Crippen LogP contribution in [0.4, 0.5) is 11.5 Å². The predicted octanol–water partition coefficient (Wildman–Crippen LogP) is 1.42. The van der Waals surface area contributed by atoms with E-state index in [4.69, 9.17) is 11.5 Å². The second kappa shape index (κ2) is 5.86. The van der Waals surface area contributed by atoms with Crippen LogP contribution in [0.15, 0.2) is 42.6 Å². The van der Waals surface area contributed by atoms with Crippen molar-refractivity contribution in [1.82, 2.24) is 4.98 Å². The van der Waals surface area contributed by atoms with E-state index in [1.54, 1.807) is 6.07 Å². The molecule has 1 aromatic carbocycles. The van der Waals surface area contributed by atoms with E-state index in [1.165, 1.54) is 11.8 Å². The Kier molecular flexibility index (Phi) is 3.97. The normalized spacial score (nSPS) is 10.1. The molecule has 19 heavy (non-hydrogen) atoms. The number of nitrogens with two attached hydrogens (primary N) is 2. The zero-order valence-corrected chi connectivity index (χ0v) is 10.5. The van der Waals surface area contributed by atoms with Crippen LogP contribution in [0.3, 0.4) is 0 Å². The van der Waals surface area contributed by atoms with Gasteiger partial charge in [0.1, 0.15) is 5.82 Å². The van der Waals surface area contributed by atoms with E-state index in [1.807, 2.05) is 18.2 Å². The Morgan fingerprint density at radius 3 is 2.68 bits per heavy atom. The van der Waals surface area contributed by atoms with Crippen molar-refractivity contribution in [3.63, 3.8) is 0 Å². The van der Waals surface area contributed by atoms with Crippen molar-refractivity contribution < 1.29 is 4.79 Å². The maximum absolute atomic E-state index is 11.2. The minimum Gasteiger partial charge on any atom is -0.397 e. The molecule has 0 aliphatic heterocycles. The summed E-state index contributed by atoms with van der Waals surface area (Å²) < 4.78 is 0. The highest BCUT2D eigenvalue weighted by Gasteiger charge is 2.07. The molecule has 0 bridgehead atoms.